The molecule has 0 radical (unpaired) electrons. The largest absolute Gasteiger partial charge is 0.497 e. The molecule has 1 N–H and O–H groups in total. The summed E-state index contributed by atoms with van der Waals surface area (Å²) in [6.07, 6.45) is 0. The number of methoxy groups -OCH3 is 3. The molecule has 0 saturated carbocycles. The van der Waals surface area contributed by atoms with E-state index in [0.717, 1.165) is 4.57 Å². The van der Waals surface area contributed by atoms with Gasteiger partial charge in [0, 0.05) is 6.07 Å². The fraction of sp³-hybridized carbons (Fsp3) is 0.160. The van der Waals surface area contributed by atoms with Gasteiger partial charge in [0.15, 0.2) is 0 Å². The van der Waals surface area contributed by atoms with Gasteiger partial charge in [0.25, 0.3) is 5.56 Å². The van der Waals surface area contributed by atoms with Crippen LogP contribution in [0.25, 0.3) is 16.6 Å². The molecule has 0 atom stereocenters. The number of carbonyl (C=O) groups excluding carboxylic acids is 1. The second-order valence-corrected chi connectivity index (χ2v) is 7.87. The summed E-state index contributed by atoms with van der Waals surface area (Å²) in [5, 5.41) is 3.28. The molecule has 1 aromatic heterocycles. The minimum atomic E-state index is -0.659. The van der Waals surface area contributed by atoms with Gasteiger partial charge in [-0.1, -0.05) is 23.7 Å². The molecule has 3 aromatic carbocycles. The Morgan fingerprint density at radius 3 is 2.26 bits per heavy atom. The van der Waals surface area contributed by atoms with E-state index in [4.69, 9.17) is 25.8 Å². The van der Waals surface area contributed by atoms with Crippen molar-refractivity contribution in [3.05, 3.63) is 86.5 Å². The molecule has 0 unspecified atom stereocenters. The maximum Gasteiger partial charge on any atom is 0.336 e. The quantitative estimate of drug-likeness (QED) is 0.421. The number of hydrogen-bond acceptors (Lipinski definition) is 6. The molecule has 9 nitrogen and oxygen atoms in total. The van der Waals surface area contributed by atoms with E-state index in [-0.39, 0.29) is 11.6 Å². The van der Waals surface area contributed by atoms with Gasteiger partial charge in [-0.05, 0) is 42.5 Å². The summed E-state index contributed by atoms with van der Waals surface area (Å²) in [4.78, 5) is 39.7. The van der Waals surface area contributed by atoms with Crippen molar-refractivity contribution in [3.8, 4) is 22.9 Å². The molecule has 4 rings (SSSR count). The summed E-state index contributed by atoms with van der Waals surface area (Å²) in [5.41, 5.74) is -0.152. The van der Waals surface area contributed by atoms with Crippen molar-refractivity contribution < 1.29 is 19.0 Å². The summed E-state index contributed by atoms with van der Waals surface area (Å²) < 4.78 is 17.9. The predicted octanol–water partition coefficient (Wildman–Crippen LogP) is 3.47. The van der Waals surface area contributed by atoms with Crippen LogP contribution in [-0.4, -0.2) is 36.4 Å². The highest BCUT2D eigenvalue weighted by atomic mass is 35.5. The fourth-order valence-electron chi connectivity index (χ4n) is 3.72. The van der Waals surface area contributed by atoms with Crippen LogP contribution in [0.2, 0.25) is 5.02 Å². The number of aromatic nitrogens is 2. The van der Waals surface area contributed by atoms with E-state index < -0.39 is 17.2 Å². The van der Waals surface area contributed by atoms with E-state index in [2.05, 4.69) is 5.32 Å². The van der Waals surface area contributed by atoms with Gasteiger partial charge in [-0.15, -0.1) is 0 Å². The molecule has 0 saturated heterocycles. The number of carbonyl (C=O) groups is 1. The minimum Gasteiger partial charge on any atom is -0.497 e. The lowest BCUT2D eigenvalue weighted by Gasteiger charge is -2.16. The zero-order valence-corrected chi connectivity index (χ0v) is 20.0. The molecule has 10 heteroatoms. The predicted molar refractivity (Wildman–Crippen MR) is 134 cm³/mol. The van der Waals surface area contributed by atoms with E-state index in [1.807, 2.05) is 0 Å². The number of benzene rings is 3. The summed E-state index contributed by atoms with van der Waals surface area (Å²) >= 11 is 6.20. The van der Waals surface area contributed by atoms with Crippen LogP contribution in [0.5, 0.6) is 17.2 Å². The number of amides is 1. The van der Waals surface area contributed by atoms with E-state index >= 15 is 0 Å². The zero-order valence-electron chi connectivity index (χ0n) is 19.2. The van der Waals surface area contributed by atoms with Crippen molar-refractivity contribution >= 4 is 34.1 Å². The van der Waals surface area contributed by atoms with Crippen molar-refractivity contribution in [2.45, 2.75) is 6.54 Å². The highest BCUT2D eigenvalue weighted by Crippen LogP contribution is 2.35. The molecule has 0 aliphatic rings. The lowest BCUT2D eigenvalue weighted by Crippen LogP contribution is -2.40. The topological polar surface area (TPSA) is 101 Å². The summed E-state index contributed by atoms with van der Waals surface area (Å²) in [7, 11) is 4.43. The van der Waals surface area contributed by atoms with E-state index in [9.17, 15) is 14.4 Å². The zero-order chi connectivity index (χ0) is 25.1. The molecular formula is C25H22ClN3O6. The third-order valence-electron chi connectivity index (χ3n) is 5.43. The monoisotopic (exact) mass is 495 g/mol. The van der Waals surface area contributed by atoms with Gasteiger partial charge in [-0.3, -0.25) is 14.2 Å². The van der Waals surface area contributed by atoms with Gasteiger partial charge >= 0.3 is 5.69 Å². The average Bonchev–Trinajstić information content (AvgIpc) is 2.87. The lowest BCUT2D eigenvalue weighted by molar-refractivity contribution is -0.116. The SMILES string of the molecule is COc1ccc(-n2c(=O)c3ccccc3n(CC(=O)Nc3cc(Cl)c(OC)cc3OC)c2=O)cc1. The Morgan fingerprint density at radius 2 is 1.60 bits per heavy atom. The van der Waals surface area contributed by atoms with Crippen LogP contribution in [-0.2, 0) is 11.3 Å². The number of hydrogen-bond donors (Lipinski definition) is 1. The van der Waals surface area contributed by atoms with Crippen LogP contribution in [0.1, 0.15) is 0 Å². The number of anilines is 1. The second-order valence-electron chi connectivity index (χ2n) is 7.46. The highest BCUT2D eigenvalue weighted by molar-refractivity contribution is 6.32. The molecule has 4 aromatic rings. The van der Waals surface area contributed by atoms with E-state index in [0.29, 0.717) is 39.5 Å². The molecule has 1 heterocycles. The Hall–Kier alpha value is -4.24. The number of nitrogens with one attached hydrogen (secondary N) is 1. The third-order valence-corrected chi connectivity index (χ3v) is 5.73. The standard InChI is InChI=1S/C25H22ClN3O6/c1-33-16-10-8-15(9-11-16)29-24(31)17-6-4-5-7-20(17)28(25(29)32)14-23(30)27-19-12-18(26)21(34-2)13-22(19)35-3/h4-13H,14H2,1-3H3,(H,27,30). The maximum absolute atomic E-state index is 13.5. The molecule has 0 aliphatic carbocycles. The van der Waals surface area contributed by atoms with Gasteiger partial charge in [0.1, 0.15) is 23.8 Å². The molecular weight excluding hydrogens is 474 g/mol. The lowest BCUT2D eigenvalue weighted by atomic mass is 10.2. The first kappa shape index (κ1) is 23.9. The number of fused-ring (bicyclic) bond motifs is 1. The second kappa shape index (κ2) is 9.94. The van der Waals surface area contributed by atoms with Crippen molar-refractivity contribution in [1.29, 1.82) is 0 Å². The molecule has 0 fully saturated rings. The van der Waals surface area contributed by atoms with Crippen LogP contribution < -0.4 is 30.8 Å². The fourth-order valence-corrected chi connectivity index (χ4v) is 3.96. The van der Waals surface area contributed by atoms with Crippen molar-refractivity contribution in [1.82, 2.24) is 9.13 Å². The van der Waals surface area contributed by atoms with Crippen LogP contribution in [0.4, 0.5) is 5.69 Å². The van der Waals surface area contributed by atoms with Crippen LogP contribution in [0, 0.1) is 0 Å². The first-order valence-electron chi connectivity index (χ1n) is 10.5. The third kappa shape index (κ3) is 4.58. The molecule has 180 valence electrons. The molecule has 0 spiro atoms. The number of rotatable bonds is 7. The Morgan fingerprint density at radius 1 is 0.914 bits per heavy atom. The normalized spacial score (nSPS) is 10.7. The average molecular weight is 496 g/mol. The highest BCUT2D eigenvalue weighted by Gasteiger charge is 2.18. The molecule has 0 bridgehead atoms. The summed E-state index contributed by atoms with van der Waals surface area (Å²) in [6.45, 7) is -0.359. The van der Waals surface area contributed by atoms with E-state index in [1.165, 1.54) is 32.0 Å². The number of halogens is 1. The summed E-state index contributed by atoms with van der Waals surface area (Å²) in [6, 6.07) is 16.2. The smallest absolute Gasteiger partial charge is 0.336 e. The Bertz CT molecular complexity index is 1530. The van der Waals surface area contributed by atoms with Crippen LogP contribution in [0.3, 0.4) is 0 Å². The molecule has 1 amide bonds. The molecule has 0 aliphatic heterocycles. The van der Waals surface area contributed by atoms with Crippen LogP contribution >= 0.6 is 11.6 Å². The van der Waals surface area contributed by atoms with Gasteiger partial charge in [-0.25, -0.2) is 9.36 Å². The number of ether oxygens (including phenoxy) is 3. The van der Waals surface area contributed by atoms with Gasteiger partial charge < -0.3 is 19.5 Å². The number of para-hydroxylation sites is 1. The van der Waals surface area contributed by atoms with Gasteiger partial charge in [0.2, 0.25) is 5.91 Å². The minimum absolute atomic E-state index is 0.277. The Balaban J connectivity index is 1.78. The maximum atomic E-state index is 13.5. The van der Waals surface area contributed by atoms with Crippen molar-refractivity contribution in [2.24, 2.45) is 0 Å². The number of nitrogens with zero attached hydrogens (tertiary/aromatic N) is 2. The van der Waals surface area contributed by atoms with Crippen LogP contribution in [0.15, 0.2) is 70.3 Å². The van der Waals surface area contributed by atoms with Gasteiger partial charge in [0.05, 0.1) is 48.6 Å². The van der Waals surface area contributed by atoms with Crippen molar-refractivity contribution in [2.75, 3.05) is 26.6 Å². The molecule has 35 heavy (non-hydrogen) atoms. The first-order chi connectivity index (χ1) is 16.9. The van der Waals surface area contributed by atoms with Crippen molar-refractivity contribution in [3.63, 3.8) is 0 Å². The van der Waals surface area contributed by atoms with E-state index in [1.54, 1.807) is 54.6 Å². The first-order valence-corrected chi connectivity index (χ1v) is 10.9. The van der Waals surface area contributed by atoms with Gasteiger partial charge in [-0.2, -0.15) is 0 Å². The Kier molecular flexibility index (Phi) is 6.79. The summed E-state index contributed by atoms with van der Waals surface area (Å²) in [5.74, 6) is 0.779. The Labute approximate surface area is 205 Å².